The second-order valence-electron chi connectivity index (χ2n) is 7.05. The maximum Gasteiger partial charge on any atom is 0.534 e. The van der Waals surface area contributed by atoms with Crippen molar-refractivity contribution in [3.63, 3.8) is 0 Å². The summed E-state index contributed by atoms with van der Waals surface area (Å²) in [7, 11) is -5.93. The first kappa shape index (κ1) is 21.9. The summed E-state index contributed by atoms with van der Waals surface area (Å²) in [5.41, 5.74) is -4.69. The normalized spacial score (nSPS) is 20.3. The predicted octanol–water partition coefficient (Wildman–Crippen LogP) is 2.96. The molecule has 1 N–H and O–H groups in total. The molecular weight excluding hydrogens is 457 g/mol. The van der Waals surface area contributed by atoms with Gasteiger partial charge in [-0.3, -0.25) is 4.84 Å². The maximum absolute atomic E-state index is 12.8. The van der Waals surface area contributed by atoms with E-state index >= 15 is 0 Å². The third kappa shape index (κ3) is 3.73. The van der Waals surface area contributed by atoms with E-state index < -0.39 is 45.5 Å². The number of hydrogen-bond acceptors (Lipinski definition) is 6. The van der Waals surface area contributed by atoms with E-state index in [1.54, 1.807) is 30.3 Å². The van der Waals surface area contributed by atoms with Gasteiger partial charge in [-0.05, 0) is 28.8 Å². The number of carboxylic acid groups (broad SMARTS) is 1. The fourth-order valence-corrected chi connectivity index (χ4v) is 4.10. The number of carbonyl (C=O) groups excluding carboxylic acids is 1. The van der Waals surface area contributed by atoms with Crippen LogP contribution in [0.5, 0.6) is 5.75 Å². The molecule has 2 amide bonds. The highest BCUT2D eigenvalue weighted by atomic mass is 32.2. The lowest BCUT2D eigenvalue weighted by atomic mass is 9.91. The van der Waals surface area contributed by atoms with Gasteiger partial charge in [0.25, 0.3) is 0 Å². The van der Waals surface area contributed by atoms with Crippen molar-refractivity contribution >= 4 is 22.1 Å². The van der Waals surface area contributed by atoms with E-state index in [4.69, 9.17) is 4.84 Å². The Hall–Kier alpha value is -3.32. The van der Waals surface area contributed by atoms with Crippen molar-refractivity contribution in [3.05, 3.63) is 65.2 Å². The number of hydrogen-bond donors (Lipinski definition) is 1. The zero-order valence-corrected chi connectivity index (χ0v) is 16.8. The lowest BCUT2D eigenvalue weighted by Gasteiger charge is -2.30. The Morgan fingerprint density at radius 3 is 2.44 bits per heavy atom. The van der Waals surface area contributed by atoms with Crippen molar-refractivity contribution in [2.75, 3.05) is 6.54 Å². The molecule has 2 aromatic carbocycles. The minimum absolute atomic E-state index is 0.0252. The number of alkyl halides is 3. The van der Waals surface area contributed by atoms with Crippen molar-refractivity contribution in [3.8, 4) is 5.75 Å². The second kappa shape index (κ2) is 7.67. The number of aliphatic carboxylic acids is 1. The zero-order chi connectivity index (χ0) is 23.3. The Labute approximate surface area is 179 Å². The number of fused-ring (bicyclic) bond motifs is 4. The Balaban J connectivity index is 1.69. The third-order valence-corrected chi connectivity index (χ3v) is 6.03. The summed E-state index contributed by atoms with van der Waals surface area (Å²) in [5.74, 6) is -2.03. The molecule has 2 aliphatic rings. The lowest BCUT2D eigenvalue weighted by molar-refractivity contribution is -0.143. The molecule has 0 saturated carbocycles. The molecule has 2 unspecified atom stereocenters. The van der Waals surface area contributed by atoms with Crippen molar-refractivity contribution in [2.45, 2.75) is 24.2 Å². The van der Waals surface area contributed by atoms with E-state index in [-0.39, 0.29) is 24.3 Å². The van der Waals surface area contributed by atoms with Crippen LogP contribution in [0.1, 0.15) is 28.8 Å². The number of rotatable bonds is 6. The summed E-state index contributed by atoms with van der Waals surface area (Å²) in [6.45, 7) is -0.143. The molecule has 0 aromatic heterocycles. The average molecular weight is 472 g/mol. The van der Waals surface area contributed by atoms with Crippen LogP contribution in [-0.4, -0.2) is 47.5 Å². The smallest absolute Gasteiger partial charge is 0.479 e. The topological polar surface area (TPSA) is 113 Å². The van der Waals surface area contributed by atoms with E-state index in [9.17, 15) is 36.3 Å². The molecule has 0 aliphatic carbocycles. The highest BCUT2D eigenvalue weighted by Gasteiger charge is 2.52. The fourth-order valence-electron chi connectivity index (χ4n) is 3.65. The van der Waals surface area contributed by atoms with E-state index in [0.717, 1.165) is 33.7 Å². The Morgan fingerprint density at radius 2 is 1.81 bits per heavy atom. The minimum atomic E-state index is -5.93. The van der Waals surface area contributed by atoms with Gasteiger partial charge in [-0.1, -0.05) is 36.4 Å². The Kier molecular flexibility index (Phi) is 5.25. The van der Waals surface area contributed by atoms with E-state index in [0.29, 0.717) is 0 Å². The molecule has 2 aromatic rings. The van der Waals surface area contributed by atoms with Crippen LogP contribution in [0.4, 0.5) is 18.0 Å². The number of carbonyl (C=O) groups is 2. The van der Waals surface area contributed by atoms with Gasteiger partial charge in [-0.15, -0.1) is 0 Å². The SMILES string of the molecule is O=C(O)C1c2ccc(OS(=O)(=O)C(F)(F)F)cc2C2CN1C(=O)N2OCc1ccccc1. The van der Waals surface area contributed by atoms with Gasteiger partial charge in [-0.2, -0.15) is 26.7 Å². The van der Waals surface area contributed by atoms with Gasteiger partial charge >= 0.3 is 27.6 Å². The van der Waals surface area contributed by atoms with Crippen molar-refractivity contribution in [1.82, 2.24) is 9.96 Å². The standard InChI is InChI=1S/C19H15F3N2O7S/c20-19(21,22)32(28,29)31-12-6-7-13-14(8-12)15-9-23(16(13)17(25)26)18(27)24(15)30-10-11-4-2-1-3-5-11/h1-8,15-16H,9-10H2,(H,25,26). The molecule has 13 heteroatoms. The van der Waals surface area contributed by atoms with Crippen LogP contribution in [0, 0.1) is 0 Å². The molecule has 0 radical (unpaired) electrons. The zero-order valence-electron chi connectivity index (χ0n) is 16.0. The quantitative estimate of drug-likeness (QED) is 0.508. The van der Waals surface area contributed by atoms with Gasteiger partial charge in [0.05, 0.1) is 6.54 Å². The first-order valence-electron chi connectivity index (χ1n) is 9.13. The van der Waals surface area contributed by atoms with Crippen molar-refractivity contribution < 1.29 is 45.3 Å². The summed E-state index contributed by atoms with van der Waals surface area (Å²) in [4.78, 5) is 31.3. The van der Waals surface area contributed by atoms with Crippen molar-refractivity contribution in [2.24, 2.45) is 0 Å². The highest BCUT2D eigenvalue weighted by molar-refractivity contribution is 7.88. The molecule has 170 valence electrons. The molecule has 2 bridgehead atoms. The molecular formula is C19H15F3N2O7S. The van der Waals surface area contributed by atoms with Crippen molar-refractivity contribution in [1.29, 1.82) is 0 Å². The maximum atomic E-state index is 12.8. The van der Waals surface area contributed by atoms with Crippen LogP contribution in [0.25, 0.3) is 0 Å². The van der Waals surface area contributed by atoms with Gasteiger partial charge in [-0.25, -0.2) is 9.59 Å². The summed E-state index contributed by atoms with van der Waals surface area (Å²) in [5, 5.41) is 10.6. The predicted molar refractivity (Wildman–Crippen MR) is 100 cm³/mol. The van der Waals surface area contributed by atoms with Crippen LogP contribution in [0.3, 0.4) is 0 Å². The summed E-state index contributed by atoms with van der Waals surface area (Å²) in [6, 6.07) is 8.76. The lowest BCUT2D eigenvalue weighted by Crippen LogP contribution is -2.38. The molecule has 1 saturated heterocycles. The van der Waals surface area contributed by atoms with Gasteiger partial charge < -0.3 is 14.2 Å². The van der Waals surface area contributed by atoms with Crippen LogP contribution in [-0.2, 0) is 26.4 Å². The average Bonchev–Trinajstić information content (AvgIpc) is 2.99. The van der Waals surface area contributed by atoms with Gasteiger partial charge in [0.1, 0.15) is 18.4 Å². The molecule has 9 nitrogen and oxygen atoms in total. The minimum Gasteiger partial charge on any atom is -0.479 e. The molecule has 0 spiro atoms. The number of hydroxylamine groups is 2. The third-order valence-electron chi connectivity index (χ3n) is 5.05. The van der Waals surface area contributed by atoms with Crippen LogP contribution in [0.2, 0.25) is 0 Å². The van der Waals surface area contributed by atoms with Crippen LogP contribution >= 0.6 is 0 Å². The highest BCUT2D eigenvalue weighted by Crippen LogP contribution is 2.45. The van der Waals surface area contributed by atoms with Crippen LogP contribution < -0.4 is 4.18 Å². The van der Waals surface area contributed by atoms with E-state index in [1.165, 1.54) is 0 Å². The number of urea groups is 1. The number of nitrogens with zero attached hydrogens (tertiary/aromatic N) is 2. The molecule has 1 fully saturated rings. The molecule has 2 heterocycles. The molecule has 4 rings (SSSR count). The largest absolute Gasteiger partial charge is 0.534 e. The number of carboxylic acids is 1. The first-order valence-corrected chi connectivity index (χ1v) is 10.5. The molecule has 32 heavy (non-hydrogen) atoms. The van der Waals surface area contributed by atoms with Gasteiger partial charge in [0.15, 0.2) is 6.04 Å². The fraction of sp³-hybridized carbons (Fsp3) is 0.263. The van der Waals surface area contributed by atoms with Gasteiger partial charge in [0, 0.05) is 0 Å². The second-order valence-corrected chi connectivity index (χ2v) is 8.59. The van der Waals surface area contributed by atoms with Crippen LogP contribution in [0.15, 0.2) is 48.5 Å². The number of halogens is 3. The van der Waals surface area contributed by atoms with E-state index in [1.807, 2.05) is 0 Å². The monoisotopic (exact) mass is 472 g/mol. The Bertz CT molecular complexity index is 1170. The van der Waals surface area contributed by atoms with Gasteiger partial charge in [0.2, 0.25) is 0 Å². The molecule has 2 atom stereocenters. The molecule has 2 aliphatic heterocycles. The number of benzene rings is 2. The van der Waals surface area contributed by atoms with E-state index in [2.05, 4.69) is 4.18 Å². The first-order chi connectivity index (χ1) is 15.0. The Morgan fingerprint density at radius 1 is 1.12 bits per heavy atom. The summed E-state index contributed by atoms with van der Waals surface area (Å²) < 4.78 is 64.9. The number of amides is 2. The summed E-state index contributed by atoms with van der Waals surface area (Å²) >= 11 is 0. The summed E-state index contributed by atoms with van der Waals surface area (Å²) in [6.07, 6.45) is 0.